The van der Waals surface area contributed by atoms with Gasteiger partial charge >= 0.3 is 0 Å². The molecule has 0 saturated heterocycles. The van der Waals surface area contributed by atoms with Crippen LogP contribution in [0.15, 0.2) is 17.6 Å². The quantitative estimate of drug-likeness (QED) is 0.772. The van der Waals surface area contributed by atoms with E-state index >= 15 is 0 Å². The molecular formula is C15H22N4OS. The first-order valence-corrected chi connectivity index (χ1v) is 8.10. The van der Waals surface area contributed by atoms with Gasteiger partial charge in [0.05, 0.1) is 5.56 Å². The summed E-state index contributed by atoms with van der Waals surface area (Å²) in [4.78, 5) is 16.6. The zero-order chi connectivity index (χ0) is 15.2. The molecule has 0 aliphatic heterocycles. The normalized spacial score (nSPS) is 10.8. The Balaban J connectivity index is 2.04. The van der Waals surface area contributed by atoms with Crippen molar-refractivity contribution in [3.63, 3.8) is 0 Å². The number of carbonyl (C=O) groups is 1. The molecule has 114 valence electrons. The minimum absolute atomic E-state index is 0.0239. The predicted molar refractivity (Wildman–Crippen MR) is 86.4 cm³/mol. The molecule has 0 fully saturated rings. The molecule has 5 nitrogen and oxygen atoms in total. The summed E-state index contributed by atoms with van der Waals surface area (Å²) in [7, 11) is 0. The number of hydrogen-bond donors (Lipinski definition) is 2. The number of carbonyl (C=O) groups excluding carboxylic acids is 1. The second-order valence-electron chi connectivity index (χ2n) is 4.94. The van der Waals surface area contributed by atoms with Crippen LogP contribution in [0.5, 0.6) is 0 Å². The van der Waals surface area contributed by atoms with Gasteiger partial charge in [-0.2, -0.15) is 0 Å². The minimum Gasteiger partial charge on any atom is -0.351 e. The van der Waals surface area contributed by atoms with E-state index in [9.17, 15) is 4.79 Å². The Labute approximate surface area is 129 Å². The highest BCUT2D eigenvalue weighted by Gasteiger charge is 2.17. The standard InChI is InChI=1S/C15H22N4OS/c1-4-5-16-6-7-17-14(20)13-10-11(2)19(12(13)3)15-18-8-9-21-15/h8-10,16H,4-7H2,1-3H3,(H,17,20). The molecule has 6 heteroatoms. The van der Waals surface area contributed by atoms with Gasteiger partial charge in [0.15, 0.2) is 5.13 Å². The van der Waals surface area contributed by atoms with E-state index in [0.29, 0.717) is 6.54 Å². The third-order valence-electron chi connectivity index (χ3n) is 3.30. The fourth-order valence-corrected chi connectivity index (χ4v) is 3.03. The second kappa shape index (κ2) is 7.38. The van der Waals surface area contributed by atoms with Gasteiger partial charge in [0.2, 0.25) is 0 Å². The van der Waals surface area contributed by atoms with Gasteiger partial charge in [-0.15, -0.1) is 11.3 Å². The molecule has 1 amide bonds. The van der Waals surface area contributed by atoms with Crippen LogP contribution in [0.4, 0.5) is 0 Å². The summed E-state index contributed by atoms with van der Waals surface area (Å²) in [5.74, 6) is -0.0239. The van der Waals surface area contributed by atoms with E-state index in [0.717, 1.165) is 41.6 Å². The van der Waals surface area contributed by atoms with Gasteiger partial charge in [-0.3, -0.25) is 9.36 Å². The third kappa shape index (κ3) is 3.71. The maximum Gasteiger partial charge on any atom is 0.253 e. The van der Waals surface area contributed by atoms with E-state index < -0.39 is 0 Å². The van der Waals surface area contributed by atoms with Gasteiger partial charge in [0.1, 0.15) is 0 Å². The summed E-state index contributed by atoms with van der Waals surface area (Å²) < 4.78 is 2.02. The van der Waals surface area contributed by atoms with Crippen LogP contribution >= 0.6 is 11.3 Å². The maximum atomic E-state index is 12.3. The molecular weight excluding hydrogens is 284 g/mol. The number of aromatic nitrogens is 2. The van der Waals surface area contributed by atoms with Gasteiger partial charge in [0.25, 0.3) is 5.91 Å². The minimum atomic E-state index is -0.0239. The Bertz CT molecular complexity index is 589. The number of hydrogen-bond acceptors (Lipinski definition) is 4. The molecule has 0 aliphatic rings. The lowest BCUT2D eigenvalue weighted by Gasteiger charge is -2.07. The first-order valence-electron chi connectivity index (χ1n) is 7.23. The van der Waals surface area contributed by atoms with Crippen molar-refractivity contribution in [1.82, 2.24) is 20.2 Å². The highest BCUT2D eigenvalue weighted by atomic mass is 32.1. The fraction of sp³-hybridized carbons (Fsp3) is 0.467. The number of amides is 1. The zero-order valence-electron chi connectivity index (χ0n) is 12.8. The highest BCUT2D eigenvalue weighted by Crippen LogP contribution is 2.22. The highest BCUT2D eigenvalue weighted by molar-refractivity contribution is 7.12. The van der Waals surface area contributed by atoms with Crippen LogP contribution in [0.1, 0.15) is 35.1 Å². The first-order chi connectivity index (χ1) is 10.1. The largest absolute Gasteiger partial charge is 0.351 e. The number of nitrogens with one attached hydrogen (secondary N) is 2. The molecule has 0 atom stereocenters. The lowest BCUT2D eigenvalue weighted by Crippen LogP contribution is -2.32. The van der Waals surface area contributed by atoms with Crippen molar-refractivity contribution in [3.8, 4) is 5.13 Å². The number of rotatable bonds is 7. The molecule has 0 aliphatic carbocycles. The van der Waals surface area contributed by atoms with Crippen LogP contribution in [-0.2, 0) is 0 Å². The summed E-state index contributed by atoms with van der Waals surface area (Å²) in [6.07, 6.45) is 2.88. The van der Waals surface area contributed by atoms with E-state index in [-0.39, 0.29) is 5.91 Å². The van der Waals surface area contributed by atoms with E-state index in [1.807, 2.05) is 29.9 Å². The van der Waals surface area contributed by atoms with Crippen molar-refractivity contribution in [2.45, 2.75) is 27.2 Å². The average Bonchev–Trinajstić information content (AvgIpc) is 3.06. The zero-order valence-corrected chi connectivity index (χ0v) is 13.6. The third-order valence-corrected chi connectivity index (χ3v) is 4.06. The van der Waals surface area contributed by atoms with Gasteiger partial charge in [-0.25, -0.2) is 4.98 Å². The molecule has 0 spiro atoms. The van der Waals surface area contributed by atoms with Gasteiger partial charge < -0.3 is 10.6 Å². The Kier molecular flexibility index (Phi) is 5.52. The van der Waals surface area contributed by atoms with Crippen molar-refractivity contribution in [3.05, 3.63) is 34.6 Å². The Hall–Kier alpha value is -1.66. The average molecular weight is 306 g/mol. The van der Waals surface area contributed by atoms with Crippen LogP contribution in [0.2, 0.25) is 0 Å². The Morgan fingerprint density at radius 2 is 2.14 bits per heavy atom. The number of thiazole rings is 1. The lowest BCUT2D eigenvalue weighted by molar-refractivity contribution is 0.0953. The van der Waals surface area contributed by atoms with E-state index in [2.05, 4.69) is 22.5 Å². The van der Waals surface area contributed by atoms with E-state index in [4.69, 9.17) is 0 Å². The summed E-state index contributed by atoms with van der Waals surface area (Å²) in [6, 6.07) is 1.92. The summed E-state index contributed by atoms with van der Waals surface area (Å²) >= 11 is 1.57. The van der Waals surface area contributed by atoms with Gasteiger partial charge in [-0.1, -0.05) is 6.92 Å². The number of aryl methyl sites for hydroxylation is 1. The SMILES string of the molecule is CCCNCCNC(=O)c1cc(C)n(-c2nccs2)c1C. The number of nitrogens with zero attached hydrogens (tertiary/aromatic N) is 2. The van der Waals surface area contributed by atoms with Crippen molar-refractivity contribution >= 4 is 17.2 Å². The van der Waals surface area contributed by atoms with Gasteiger partial charge in [0, 0.05) is 36.1 Å². The fourth-order valence-electron chi connectivity index (χ4n) is 2.27. The Morgan fingerprint density at radius 3 is 2.81 bits per heavy atom. The van der Waals surface area contributed by atoms with Crippen molar-refractivity contribution < 1.29 is 4.79 Å². The molecule has 0 radical (unpaired) electrons. The molecule has 21 heavy (non-hydrogen) atoms. The molecule has 0 aromatic carbocycles. The topological polar surface area (TPSA) is 58.9 Å². The van der Waals surface area contributed by atoms with E-state index in [1.165, 1.54) is 0 Å². The van der Waals surface area contributed by atoms with Crippen LogP contribution in [-0.4, -0.2) is 35.1 Å². The molecule has 0 bridgehead atoms. The van der Waals surface area contributed by atoms with E-state index in [1.54, 1.807) is 17.5 Å². The predicted octanol–water partition coefficient (Wildman–Crippen LogP) is 2.28. The molecule has 0 saturated carbocycles. The molecule has 2 rings (SSSR count). The first kappa shape index (κ1) is 15.7. The van der Waals surface area contributed by atoms with Crippen LogP contribution in [0, 0.1) is 13.8 Å². The molecule has 2 aromatic rings. The molecule has 2 heterocycles. The van der Waals surface area contributed by atoms with Crippen LogP contribution < -0.4 is 10.6 Å². The van der Waals surface area contributed by atoms with Crippen molar-refractivity contribution in [2.24, 2.45) is 0 Å². The van der Waals surface area contributed by atoms with Crippen LogP contribution in [0.3, 0.4) is 0 Å². The maximum absolute atomic E-state index is 12.3. The summed E-state index contributed by atoms with van der Waals surface area (Å²) in [5.41, 5.74) is 2.68. The van der Waals surface area contributed by atoms with Gasteiger partial charge in [-0.05, 0) is 32.9 Å². The molecule has 2 N–H and O–H groups in total. The monoisotopic (exact) mass is 306 g/mol. The Morgan fingerprint density at radius 1 is 1.33 bits per heavy atom. The summed E-state index contributed by atoms with van der Waals surface area (Å²) in [6.45, 7) is 8.49. The molecule has 2 aromatic heterocycles. The van der Waals surface area contributed by atoms with Crippen LogP contribution in [0.25, 0.3) is 5.13 Å². The van der Waals surface area contributed by atoms with Crippen molar-refractivity contribution in [1.29, 1.82) is 0 Å². The van der Waals surface area contributed by atoms with Crippen molar-refractivity contribution in [2.75, 3.05) is 19.6 Å². The smallest absolute Gasteiger partial charge is 0.253 e. The second-order valence-corrected chi connectivity index (χ2v) is 5.81. The lowest BCUT2D eigenvalue weighted by atomic mass is 10.2. The summed E-state index contributed by atoms with van der Waals surface area (Å²) in [5, 5.41) is 9.05. The molecule has 0 unspecified atom stereocenters.